The van der Waals surface area contributed by atoms with E-state index in [1.54, 1.807) is 0 Å². The molecule has 1 aliphatic rings. The highest BCUT2D eigenvalue weighted by Crippen LogP contribution is 2.30. The molecule has 0 bridgehead atoms. The molecule has 0 saturated heterocycles. The molecule has 4 nitrogen and oxygen atoms in total. The van der Waals surface area contributed by atoms with Gasteiger partial charge in [0.2, 0.25) is 5.89 Å². The van der Waals surface area contributed by atoms with E-state index in [4.69, 9.17) is 10.3 Å². The van der Waals surface area contributed by atoms with Crippen LogP contribution in [0.2, 0.25) is 0 Å². The van der Waals surface area contributed by atoms with Gasteiger partial charge in [0.1, 0.15) is 0 Å². The molecular formula is C15H18BrN3O. The zero-order valence-electron chi connectivity index (χ0n) is 11.3. The van der Waals surface area contributed by atoms with Crippen molar-refractivity contribution in [2.45, 2.75) is 44.1 Å². The Bertz CT molecular complexity index is 573. The average molecular weight is 336 g/mol. The van der Waals surface area contributed by atoms with Crippen molar-refractivity contribution in [3.8, 4) is 0 Å². The van der Waals surface area contributed by atoms with Crippen molar-refractivity contribution in [2.75, 3.05) is 0 Å². The second-order valence-corrected chi connectivity index (χ2v) is 6.57. The molecule has 1 heterocycles. The molecule has 2 N–H and O–H groups in total. The quantitative estimate of drug-likeness (QED) is 0.931. The van der Waals surface area contributed by atoms with Crippen LogP contribution in [0.4, 0.5) is 0 Å². The second kappa shape index (κ2) is 5.66. The topological polar surface area (TPSA) is 64.9 Å². The van der Waals surface area contributed by atoms with Gasteiger partial charge in [-0.1, -0.05) is 46.1 Å². The molecule has 106 valence electrons. The highest BCUT2D eigenvalue weighted by atomic mass is 79.9. The zero-order valence-corrected chi connectivity index (χ0v) is 12.9. The summed E-state index contributed by atoms with van der Waals surface area (Å²) in [5, 5.41) is 4.05. The Labute approximate surface area is 126 Å². The van der Waals surface area contributed by atoms with Crippen LogP contribution in [0.5, 0.6) is 0 Å². The van der Waals surface area contributed by atoms with Crippen LogP contribution in [0.1, 0.15) is 43.0 Å². The smallest absolute Gasteiger partial charge is 0.228 e. The van der Waals surface area contributed by atoms with Crippen molar-refractivity contribution in [3.63, 3.8) is 0 Å². The third kappa shape index (κ3) is 3.27. The summed E-state index contributed by atoms with van der Waals surface area (Å²) in [5.74, 6) is 1.39. The van der Waals surface area contributed by atoms with E-state index < -0.39 is 0 Å². The SMILES string of the molecule is NC1(Cc2nc(Cc3ccc(Br)cc3)no2)CCCC1. The van der Waals surface area contributed by atoms with Crippen LogP contribution in [0.3, 0.4) is 0 Å². The zero-order chi connectivity index (χ0) is 14.0. The number of halogens is 1. The van der Waals surface area contributed by atoms with E-state index in [9.17, 15) is 0 Å². The molecule has 2 aromatic rings. The van der Waals surface area contributed by atoms with E-state index in [1.807, 2.05) is 12.1 Å². The normalized spacial score (nSPS) is 17.5. The summed E-state index contributed by atoms with van der Waals surface area (Å²) in [4.78, 5) is 4.47. The van der Waals surface area contributed by atoms with Gasteiger partial charge in [0, 0.05) is 22.9 Å². The molecule has 0 amide bonds. The van der Waals surface area contributed by atoms with Crippen molar-refractivity contribution in [3.05, 3.63) is 46.0 Å². The maximum atomic E-state index is 6.34. The first-order valence-electron chi connectivity index (χ1n) is 6.98. The van der Waals surface area contributed by atoms with Crippen LogP contribution in [0.15, 0.2) is 33.3 Å². The summed E-state index contributed by atoms with van der Waals surface area (Å²) in [6, 6.07) is 8.15. The average Bonchev–Trinajstić information content (AvgIpc) is 3.02. The molecule has 5 heteroatoms. The van der Waals surface area contributed by atoms with Crippen molar-refractivity contribution >= 4 is 15.9 Å². The Morgan fingerprint density at radius 2 is 1.90 bits per heavy atom. The van der Waals surface area contributed by atoms with E-state index in [0.717, 1.165) is 23.1 Å². The first-order chi connectivity index (χ1) is 9.63. The van der Waals surface area contributed by atoms with Gasteiger partial charge >= 0.3 is 0 Å². The summed E-state index contributed by atoms with van der Waals surface area (Å²) in [6.45, 7) is 0. The minimum atomic E-state index is -0.137. The molecule has 1 aliphatic carbocycles. The lowest BCUT2D eigenvalue weighted by atomic mass is 9.95. The van der Waals surface area contributed by atoms with Crippen molar-refractivity contribution < 1.29 is 4.52 Å². The number of hydrogen-bond acceptors (Lipinski definition) is 4. The fourth-order valence-electron chi connectivity index (χ4n) is 2.78. The van der Waals surface area contributed by atoms with Crippen molar-refractivity contribution in [1.29, 1.82) is 0 Å². The maximum Gasteiger partial charge on any atom is 0.228 e. The molecule has 1 aromatic heterocycles. The maximum absolute atomic E-state index is 6.34. The standard InChI is InChI=1S/C15H18BrN3O/c16-12-5-3-11(4-6-12)9-13-18-14(20-19-13)10-15(17)7-1-2-8-15/h3-6H,1-2,7-10,17H2. The highest BCUT2D eigenvalue weighted by Gasteiger charge is 2.31. The van der Waals surface area contributed by atoms with Crippen LogP contribution in [-0.2, 0) is 12.8 Å². The number of nitrogens with zero attached hydrogens (tertiary/aromatic N) is 2. The van der Waals surface area contributed by atoms with Gasteiger partial charge in [0.05, 0.1) is 0 Å². The lowest BCUT2D eigenvalue weighted by Crippen LogP contribution is -2.38. The summed E-state index contributed by atoms with van der Waals surface area (Å²) in [5.41, 5.74) is 7.37. The minimum absolute atomic E-state index is 0.137. The first kappa shape index (κ1) is 13.8. The van der Waals surface area contributed by atoms with Gasteiger partial charge in [-0.2, -0.15) is 4.98 Å². The molecule has 0 aliphatic heterocycles. The van der Waals surface area contributed by atoms with Crippen LogP contribution in [0, 0.1) is 0 Å². The van der Waals surface area contributed by atoms with Crippen LogP contribution < -0.4 is 5.73 Å². The molecule has 0 radical (unpaired) electrons. The monoisotopic (exact) mass is 335 g/mol. The number of benzene rings is 1. The van der Waals surface area contributed by atoms with E-state index in [1.165, 1.54) is 18.4 Å². The fourth-order valence-corrected chi connectivity index (χ4v) is 3.04. The molecule has 0 atom stereocenters. The van der Waals surface area contributed by atoms with E-state index in [0.29, 0.717) is 18.7 Å². The third-order valence-corrected chi connectivity index (χ3v) is 4.42. The molecule has 0 spiro atoms. The van der Waals surface area contributed by atoms with Gasteiger partial charge in [0.15, 0.2) is 5.82 Å². The summed E-state index contributed by atoms with van der Waals surface area (Å²) in [7, 11) is 0. The Kier molecular flexibility index (Phi) is 3.89. The number of rotatable bonds is 4. The van der Waals surface area contributed by atoms with Gasteiger partial charge in [-0.3, -0.25) is 0 Å². The number of aromatic nitrogens is 2. The molecule has 1 saturated carbocycles. The van der Waals surface area contributed by atoms with E-state index >= 15 is 0 Å². The Balaban J connectivity index is 1.66. The molecule has 1 aromatic carbocycles. The lowest BCUT2D eigenvalue weighted by molar-refractivity contribution is 0.327. The summed E-state index contributed by atoms with van der Waals surface area (Å²) >= 11 is 3.43. The van der Waals surface area contributed by atoms with Gasteiger partial charge in [-0.05, 0) is 30.5 Å². The van der Waals surface area contributed by atoms with E-state index in [2.05, 4.69) is 38.2 Å². The second-order valence-electron chi connectivity index (χ2n) is 5.65. The minimum Gasteiger partial charge on any atom is -0.339 e. The number of hydrogen-bond donors (Lipinski definition) is 1. The predicted molar refractivity (Wildman–Crippen MR) is 80.3 cm³/mol. The van der Waals surface area contributed by atoms with Gasteiger partial charge in [-0.25, -0.2) is 0 Å². The largest absolute Gasteiger partial charge is 0.339 e. The molecular weight excluding hydrogens is 318 g/mol. The summed E-state index contributed by atoms with van der Waals surface area (Å²) in [6.07, 6.45) is 5.90. The first-order valence-corrected chi connectivity index (χ1v) is 7.77. The fraction of sp³-hybridized carbons (Fsp3) is 0.467. The predicted octanol–water partition coefficient (Wildman–Crippen LogP) is 3.24. The molecule has 3 rings (SSSR count). The van der Waals surface area contributed by atoms with Gasteiger partial charge < -0.3 is 10.3 Å². The molecule has 0 unspecified atom stereocenters. The highest BCUT2D eigenvalue weighted by molar-refractivity contribution is 9.10. The van der Waals surface area contributed by atoms with Crippen LogP contribution >= 0.6 is 15.9 Å². The Morgan fingerprint density at radius 3 is 2.60 bits per heavy atom. The van der Waals surface area contributed by atoms with Crippen molar-refractivity contribution in [2.24, 2.45) is 5.73 Å². The molecule has 1 fully saturated rings. The number of nitrogens with two attached hydrogens (primary N) is 1. The third-order valence-electron chi connectivity index (χ3n) is 3.89. The van der Waals surface area contributed by atoms with Crippen LogP contribution in [0.25, 0.3) is 0 Å². The Hall–Kier alpha value is -1.20. The lowest BCUT2D eigenvalue weighted by Gasteiger charge is -2.20. The molecule has 20 heavy (non-hydrogen) atoms. The van der Waals surface area contributed by atoms with Gasteiger partial charge in [-0.15, -0.1) is 0 Å². The van der Waals surface area contributed by atoms with Crippen molar-refractivity contribution in [1.82, 2.24) is 10.1 Å². The van der Waals surface area contributed by atoms with E-state index in [-0.39, 0.29) is 5.54 Å². The Morgan fingerprint density at radius 1 is 1.20 bits per heavy atom. The summed E-state index contributed by atoms with van der Waals surface area (Å²) < 4.78 is 6.41. The van der Waals surface area contributed by atoms with Crippen LogP contribution in [-0.4, -0.2) is 15.7 Å². The van der Waals surface area contributed by atoms with Gasteiger partial charge in [0.25, 0.3) is 0 Å².